The largest absolute Gasteiger partial charge is 0.481 e. The van der Waals surface area contributed by atoms with Gasteiger partial charge in [0.05, 0.1) is 22.0 Å². The highest BCUT2D eigenvalue weighted by Crippen LogP contribution is 2.33. The van der Waals surface area contributed by atoms with E-state index in [4.69, 9.17) is 28.3 Å². The van der Waals surface area contributed by atoms with Crippen molar-refractivity contribution in [1.29, 1.82) is 0 Å². The number of carboxylic acid groups (broad SMARTS) is 1. The third kappa shape index (κ3) is 3.97. The molecule has 0 unspecified atom stereocenters. The number of hydrogen-bond acceptors (Lipinski definition) is 5. The monoisotopic (exact) mass is 420 g/mol. The first-order chi connectivity index (χ1) is 13.3. The molecule has 0 bridgehead atoms. The van der Waals surface area contributed by atoms with Crippen LogP contribution in [0, 0.1) is 0 Å². The highest BCUT2D eigenvalue weighted by molar-refractivity contribution is 6.39. The Kier molecular flexibility index (Phi) is 5.62. The third-order valence-corrected chi connectivity index (χ3v) is 4.63. The number of halogens is 2. The van der Waals surface area contributed by atoms with Gasteiger partial charge in [0, 0.05) is 30.6 Å². The van der Waals surface area contributed by atoms with Crippen molar-refractivity contribution in [2.24, 2.45) is 7.05 Å². The Morgan fingerprint density at radius 2 is 1.89 bits per heavy atom. The van der Waals surface area contributed by atoms with Gasteiger partial charge in [-0.25, -0.2) is 4.98 Å². The van der Waals surface area contributed by atoms with Gasteiger partial charge in [-0.3, -0.25) is 24.3 Å². The van der Waals surface area contributed by atoms with Gasteiger partial charge in [0.1, 0.15) is 5.65 Å². The molecule has 3 aromatic rings. The summed E-state index contributed by atoms with van der Waals surface area (Å²) in [6.07, 6.45) is 0.933. The van der Waals surface area contributed by atoms with E-state index in [0.717, 1.165) is 0 Å². The normalized spacial score (nSPS) is 10.8. The van der Waals surface area contributed by atoms with Crippen LogP contribution < -0.4 is 10.9 Å². The zero-order chi connectivity index (χ0) is 20.4. The van der Waals surface area contributed by atoms with Gasteiger partial charge in [0.2, 0.25) is 11.9 Å². The molecule has 0 aliphatic carbocycles. The van der Waals surface area contributed by atoms with Crippen LogP contribution in [0.2, 0.25) is 10.0 Å². The molecule has 144 valence electrons. The van der Waals surface area contributed by atoms with Crippen molar-refractivity contribution in [3.05, 3.63) is 50.9 Å². The van der Waals surface area contributed by atoms with Gasteiger partial charge < -0.3 is 5.11 Å². The zero-order valence-electron chi connectivity index (χ0n) is 14.6. The number of amides is 1. The van der Waals surface area contributed by atoms with E-state index in [1.807, 2.05) is 0 Å². The van der Waals surface area contributed by atoms with E-state index < -0.39 is 11.9 Å². The van der Waals surface area contributed by atoms with E-state index in [1.165, 1.54) is 17.8 Å². The maximum Gasteiger partial charge on any atom is 0.303 e. The van der Waals surface area contributed by atoms with E-state index in [2.05, 4.69) is 15.3 Å². The molecule has 1 amide bonds. The maximum atomic E-state index is 12.8. The summed E-state index contributed by atoms with van der Waals surface area (Å²) in [5, 5.41) is 12.3. The molecule has 1 aromatic carbocycles. The molecule has 0 radical (unpaired) electrons. The van der Waals surface area contributed by atoms with Crippen LogP contribution in [0.1, 0.15) is 12.8 Å². The van der Waals surface area contributed by atoms with Crippen LogP contribution in [0.25, 0.3) is 22.2 Å². The molecule has 28 heavy (non-hydrogen) atoms. The molecule has 0 spiro atoms. The van der Waals surface area contributed by atoms with Crippen LogP contribution in [0.4, 0.5) is 5.95 Å². The second-order valence-corrected chi connectivity index (χ2v) is 6.75. The molecule has 8 nitrogen and oxygen atoms in total. The Morgan fingerprint density at radius 3 is 2.54 bits per heavy atom. The Bertz CT molecular complexity index is 1140. The Morgan fingerprint density at radius 1 is 1.21 bits per heavy atom. The van der Waals surface area contributed by atoms with Gasteiger partial charge in [-0.15, -0.1) is 0 Å². The van der Waals surface area contributed by atoms with E-state index >= 15 is 0 Å². The number of anilines is 1. The maximum absolute atomic E-state index is 12.8. The van der Waals surface area contributed by atoms with Crippen LogP contribution in [0.5, 0.6) is 0 Å². The number of carbonyl (C=O) groups is 2. The molecule has 10 heteroatoms. The molecule has 2 N–H and O–H groups in total. The lowest BCUT2D eigenvalue weighted by molar-refractivity contribution is -0.138. The molecule has 0 fully saturated rings. The second kappa shape index (κ2) is 7.95. The number of carbonyl (C=O) groups excluding carboxylic acids is 1. The predicted octanol–water partition coefficient (Wildman–Crippen LogP) is 3.11. The summed E-state index contributed by atoms with van der Waals surface area (Å²) in [5.74, 6) is -1.64. The summed E-state index contributed by atoms with van der Waals surface area (Å²) in [6, 6.07) is 6.54. The predicted molar refractivity (Wildman–Crippen MR) is 106 cm³/mol. The summed E-state index contributed by atoms with van der Waals surface area (Å²) in [7, 11) is 1.53. The SMILES string of the molecule is Cn1c(=O)c(-c2c(Cl)cccc2Cl)cc2cnc(NC(=O)CCC(=O)O)nc21. The average Bonchev–Trinajstić information content (AvgIpc) is 2.64. The smallest absolute Gasteiger partial charge is 0.303 e. The van der Waals surface area contributed by atoms with Crippen molar-refractivity contribution in [2.45, 2.75) is 12.8 Å². The number of nitrogens with one attached hydrogen (secondary N) is 1. The van der Waals surface area contributed by atoms with Crippen LogP contribution in [-0.2, 0) is 16.6 Å². The highest BCUT2D eigenvalue weighted by Gasteiger charge is 2.16. The van der Waals surface area contributed by atoms with E-state index in [1.54, 1.807) is 24.3 Å². The number of rotatable bonds is 5. The van der Waals surface area contributed by atoms with Gasteiger partial charge in [0.25, 0.3) is 5.56 Å². The van der Waals surface area contributed by atoms with Gasteiger partial charge in [0.15, 0.2) is 0 Å². The number of benzene rings is 1. The standard InChI is InChI=1S/C18H14Cl2N4O4/c1-24-16-9(8-21-18(23-16)22-13(25)5-6-14(26)27)7-10(17(24)28)15-11(19)3-2-4-12(15)20/h2-4,7-8H,5-6H2,1H3,(H,26,27)(H,21,22,23,25). The number of aliphatic carboxylic acids is 1. The molecular weight excluding hydrogens is 407 g/mol. The number of aryl methyl sites for hydroxylation is 1. The third-order valence-electron chi connectivity index (χ3n) is 4.00. The number of nitrogens with zero attached hydrogens (tertiary/aromatic N) is 3. The van der Waals surface area contributed by atoms with Crippen molar-refractivity contribution in [2.75, 3.05) is 5.32 Å². The van der Waals surface area contributed by atoms with Gasteiger partial charge in [-0.1, -0.05) is 29.3 Å². The Balaban J connectivity index is 2.03. The number of aromatic nitrogens is 3. The lowest BCUT2D eigenvalue weighted by Crippen LogP contribution is -2.21. The summed E-state index contributed by atoms with van der Waals surface area (Å²) >= 11 is 12.4. The number of pyridine rings is 1. The fourth-order valence-electron chi connectivity index (χ4n) is 2.65. The molecule has 3 rings (SSSR count). The van der Waals surface area contributed by atoms with Crippen LogP contribution in [-0.4, -0.2) is 31.5 Å². The minimum Gasteiger partial charge on any atom is -0.481 e. The van der Waals surface area contributed by atoms with Crippen molar-refractivity contribution < 1.29 is 14.7 Å². The second-order valence-electron chi connectivity index (χ2n) is 5.93. The van der Waals surface area contributed by atoms with Gasteiger partial charge in [-0.05, 0) is 18.2 Å². The zero-order valence-corrected chi connectivity index (χ0v) is 16.1. The fraction of sp³-hybridized carbons (Fsp3) is 0.167. The lowest BCUT2D eigenvalue weighted by atomic mass is 10.1. The molecule has 0 aliphatic heterocycles. The van der Waals surface area contributed by atoms with Crippen LogP contribution in [0.3, 0.4) is 0 Å². The molecular formula is C18H14Cl2N4O4. The molecule has 2 aromatic heterocycles. The van der Waals surface area contributed by atoms with Gasteiger partial charge >= 0.3 is 5.97 Å². The van der Waals surface area contributed by atoms with Crippen molar-refractivity contribution >= 4 is 52.1 Å². The van der Waals surface area contributed by atoms with E-state index in [-0.39, 0.29) is 24.3 Å². The number of fused-ring (bicyclic) bond motifs is 1. The van der Waals surface area contributed by atoms with Crippen LogP contribution >= 0.6 is 23.2 Å². The average molecular weight is 421 g/mol. The van der Waals surface area contributed by atoms with Crippen molar-refractivity contribution in [3.63, 3.8) is 0 Å². The number of carboxylic acids is 1. The summed E-state index contributed by atoms with van der Waals surface area (Å²) in [5.41, 5.74) is 0.636. The van der Waals surface area contributed by atoms with Crippen LogP contribution in [0.15, 0.2) is 35.3 Å². The first kappa shape index (κ1) is 19.8. The first-order valence-electron chi connectivity index (χ1n) is 8.10. The highest BCUT2D eigenvalue weighted by atomic mass is 35.5. The van der Waals surface area contributed by atoms with E-state index in [0.29, 0.717) is 32.2 Å². The molecule has 0 saturated carbocycles. The molecule has 0 aliphatic rings. The van der Waals surface area contributed by atoms with Gasteiger partial charge in [-0.2, -0.15) is 4.98 Å². The Hall–Kier alpha value is -2.97. The van der Waals surface area contributed by atoms with Crippen molar-refractivity contribution in [3.8, 4) is 11.1 Å². The number of hydrogen-bond donors (Lipinski definition) is 2. The first-order valence-corrected chi connectivity index (χ1v) is 8.86. The lowest BCUT2D eigenvalue weighted by Gasteiger charge is -2.11. The fourth-order valence-corrected chi connectivity index (χ4v) is 3.25. The quantitative estimate of drug-likeness (QED) is 0.655. The minimum atomic E-state index is -1.08. The molecule has 0 atom stereocenters. The summed E-state index contributed by atoms with van der Waals surface area (Å²) in [4.78, 5) is 43.4. The summed E-state index contributed by atoms with van der Waals surface area (Å²) in [6.45, 7) is 0. The summed E-state index contributed by atoms with van der Waals surface area (Å²) < 4.78 is 1.30. The molecule has 2 heterocycles. The van der Waals surface area contributed by atoms with Crippen molar-refractivity contribution in [1.82, 2.24) is 14.5 Å². The topological polar surface area (TPSA) is 114 Å². The minimum absolute atomic E-state index is 0.0265. The molecule has 0 saturated heterocycles. The van der Waals surface area contributed by atoms with E-state index in [9.17, 15) is 14.4 Å². The Labute approximate surface area is 168 Å².